The van der Waals surface area contributed by atoms with Crippen molar-refractivity contribution < 1.29 is 4.74 Å². The zero-order chi connectivity index (χ0) is 10.7. The number of nitrogens with zero attached hydrogens (tertiary/aromatic N) is 1. The molecule has 0 saturated carbocycles. The average Bonchev–Trinajstić information content (AvgIpc) is 2.08. The molecule has 0 aliphatic heterocycles. The van der Waals surface area contributed by atoms with Gasteiger partial charge in [-0.05, 0) is 61.1 Å². The fourth-order valence-corrected chi connectivity index (χ4v) is 1.98. The molecule has 0 bridgehead atoms. The third-order valence-electron chi connectivity index (χ3n) is 1.71. The summed E-state index contributed by atoms with van der Waals surface area (Å²) < 4.78 is 6.66. The maximum Gasteiger partial charge on any atom is 0.140 e. The molecule has 2 nitrogen and oxygen atoms in total. The largest absolute Gasteiger partial charge is 0.489 e. The Morgan fingerprint density at radius 3 is 2.57 bits per heavy atom. The number of hydrogen-bond acceptors (Lipinski definition) is 2. The van der Waals surface area contributed by atoms with Crippen LogP contribution >= 0.6 is 22.6 Å². The van der Waals surface area contributed by atoms with Crippen LogP contribution in [0.25, 0.3) is 0 Å². The monoisotopic (exact) mass is 301 g/mol. The molecular formula is C11H12INO. The Balaban J connectivity index is 3.20. The highest BCUT2D eigenvalue weighted by molar-refractivity contribution is 14.1. The van der Waals surface area contributed by atoms with E-state index in [-0.39, 0.29) is 6.10 Å². The molecule has 0 saturated heterocycles. The van der Waals surface area contributed by atoms with Crippen molar-refractivity contribution in [2.24, 2.45) is 0 Å². The normalized spacial score (nSPS) is 10.0. The third-order valence-corrected chi connectivity index (χ3v) is 2.34. The maximum atomic E-state index is 8.95. The van der Waals surface area contributed by atoms with Crippen LogP contribution < -0.4 is 4.74 Å². The second kappa shape index (κ2) is 4.65. The first-order valence-corrected chi connectivity index (χ1v) is 5.49. The van der Waals surface area contributed by atoms with Crippen LogP contribution in [-0.4, -0.2) is 6.10 Å². The Morgan fingerprint density at radius 1 is 1.43 bits per heavy atom. The topological polar surface area (TPSA) is 33.0 Å². The molecule has 1 rings (SSSR count). The van der Waals surface area contributed by atoms with E-state index in [2.05, 4.69) is 28.7 Å². The third kappa shape index (κ3) is 2.61. The molecule has 74 valence electrons. The van der Waals surface area contributed by atoms with E-state index in [1.165, 1.54) is 0 Å². The van der Waals surface area contributed by atoms with Crippen molar-refractivity contribution in [1.29, 1.82) is 5.26 Å². The summed E-state index contributed by atoms with van der Waals surface area (Å²) in [5.41, 5.74) is 1.63. The number of halogens is 1. The Hall–Kier alpha value is -0.760. The second-order valence-electron chi connectivity index (χ2n) is 3.38. The molecule has 0 aliphatic rings. The Kier molecular flexibility index (Phi) is 3.76. The van der Waals surface area contributed by atoms with Gasteiger partial charge in [-0.1, -0.05) is 0 Å². The first kappa shape index (κ1) is 11.3. The molecule has 3 heteroatoms. The minimum atomic E-state index is 0.0980. The number of aryl methyl sites for hydroxylation is 1. The van der Waals surface area contributed by atoms with E-state index in [1.54, 1.807) is 0 Å². The Morgan fingerprint density at radius 2 is 2.07 bits per heavy atom. The van der Waals surface area contributed by atoms with Crippen molar-refractivity contribution >= 4 is 22.6 Å². The van der Waals surface area contributed by atoms with Crippen molar-refractivity contribution in [2.45, 2.75) is 26.9 Å². The van der Waals surface area contributed by atoms with Gasteiger partial charge in [0.1, 0.15) is 11.8 Å². The highest BCUT2D eigenvalue weighted by Gasteiger charge is 2.09. The van der Waals surface area contributed by atoms with Crippen LogP contribution in [0.1, 0.15) is 25.0 Å². The molecule has 0 spiro atoms. The van der Waals surface area contributed by atoms with Crippen LogP contribution in [-0.2, 0) is 0 Å². The molecular weight excluding hydrogens is 289 g/mol. The predicted octanol–water partition coefficient (Wildman–Crippen LogP) is 3.26. The Bertz CT molecular complexity index is 380. The lowest BCUT2D eigenvalue weighted by Crippen LogP contribution is -2.08. The van der Waals surface area contributed by atoms with E-state index in [0.717, 1.165) is 9.13 Å². The predicted molar refractivity (Wildman–Crippen MR) is 64.4 cm³/mol. The summed E-state index contributed by atoms with van der Waals surface area (Å²) in [6.07, 6.45) is 0.0980. The number of nitriles is 1. The van der Waals surface area contributed by atoms with E-state index in [9.17, 15) is 0 Å². The lowest BCUT2D eigenvalue weighted by atomic mass is 10.1. The molecule has 0 heterocycles. The van der Waals surface area contributed by atoms with Crippen LogP contribution in [0.2, 0.25) is 0 Å². The molecule has 0 atom stereocenters. The molecule has 0 aliphatic carbocycles. The highest BCUT2D eigenvalue weighted by Crippen LogP contribution is 2.26. The SMILES string of the molecule is Cc1cc(I)cc(C#N)c1OC(C)C. The van der Waals surface area contributed by atoms with Gasteiger partial charge in [-0.25, -0.2) is 0 Å². The van der Waals surface area contributed by atoms with Gasteiger partial charge >= 0.3 is 0 Å². The number of hydrogen-bond donors (Lipinski definition) is 0. The summed E-state index contributed by atoms with van der Waals surface area (Å²) in [6.45, 7) is 5.87. The maximum absolute atomic E-state index is 8.95. The van der Waals surface area contributed by atoms with Crippen molar-refractivity contribution in [1.82, 2.24) is 0 Å². The Labute approximate surface area is 98.0 Å². The van der Waals surface area contributed by atoms with Gasteiger partial charge in [-0.3, -0.25) is 0 Å². The van der Waals surface area contributed by atoms with Gasteiger partial charge in [-0.2, -0.15) is 5.26 Å². The van der Waals surface area contributed by atoms with Gasteiger partial charge in [0.25, 0.3) is 0 Å². The molecule has 0 radical (unpaired) electrons. The minimum Gasteiger partial charge on any atom is -0.489 e. The van der Waals surface area contributed by atoms with Crippen LogP contribution in [0.4, 0.5) is 0 Å². The van der Waals surface area contributed by atoms with E-state index in [4.69, 9.17) is 10.00 Å². The van der Waals surface area contributed by atoms with Gasteiger partial charge in [0.2, 0.25) is 0 Å². The highest BCUT2D eigenvalue weighted by atomic mass is 127. The fourth-order valence-electron chi connectivity index (χ4n) is 1.21. The molecule has 14 heavy (non-hydrogen) atoms. The minimum absolute atomic E-state index is 0.0980. The summed E-state index contributed by atoms with van der Waals surface area (Å²) in [5, 5.41) is 8.95. The molecule has 0 aromatic heterocycles. The first-order valence-electron chi connectivity index (χ1n) is 4.41. The molecule has 0 N–H and O–H groups in total. The standard InChI is InChI=1S/C11H12INO/c1-7(2)14-11-8(3)4-10(12)5-9(11)6-13/h4-5,7H,1-3H3. The zero-order valence-corrected chi connectivity index (χ0v) is 10.6. The molecule has 0 amide bonds. The smallest absolute Gasteiger partial charge is 0.140 e. The molecule has 1 aromatic carbocycles. The summed E-state index contributed by atoms with van der Waals surface area (Å²) in [6, 6.07) is 6.00. The van der Waals surface area contributed by atoms with Crippen LogP contribution in [0.15, 0.2) is 12.1 Å². The van der Waals surface area contributed by atoms with E-state index in [1.807, 2.05) is 32.9 Å². The van der Waals surface area contributed by atoms with Crippen molar-refractivity contribution in [2.75, 3.05) is 0 Å². The van der Waals surface area contributed by atoms with Gasteiger partial charge in [0, 0.05) is 3.57 Å². The van der Waals surface area contributed by atoms with E-state index < -0.39 is 0 Å². The number of benzene rings is 1. The first-order chi connectivity index (χ1) is 6.54. The lowest BCUT2D eigenvalue weighted by Gasteiger charge is -2.14. The van der Waals surface area contributed by atoms with Crippen LogP contribution in [0.3, 0.4) is 0 Å². The summed E-state index contributed by atoms with van der Waals surface area (Å²) >= 11 is 2.20. The molecule has 1 aromatic rings. The number of ether oxygens (including phenoxy) is 1. The summed E-state index contributed by atoms with van der Waals surface area (Å²) in [4.78, 5) is 0. The second-order valence-corrected chi connectivity index (χ2v) is 4.62. The quantitative estimate of drug-likeness (QED) is 0.786. The zero-order valence-electron chi connectivity index (χ0n) is 8.47. The molecule has 0 fully saturated rings. The van der Waals surface area contributed by atoms with Gasteiger partial charge < -0.3 is 4.74 Å². The average molecular weight is 301 g/mol. The summed E-state index contributed by atoms with van der Waals surface area (Å²) in [5.74, 6) is 0.711. The van der Waals surface area contributed by atoms with Crippen molar-refractivity contribution in [3.05, 3.63) is 26.8 Å². The van der Waals surface area contributed by atoms with Crippen LogP contribution in [0, 0.1) is 21.8 Å². The molecule has 0 unspecified atom stereocenters. The number of rotatable bonds is 2. The van der Waals surface area contributed by atoms with Gasteiger partial charge in [-0.15, -0.1) is 0 Å². The van der Waals surface area contributed by atoms with Gasteiger partial charge in [0.05, 0.1) is 11.7 Å². The fraction of sp³-hybridized carbons (Fsp3) is 0.364. The van der Waals surface area contributed by atoms with Gasteiger partial charge in [0.15, 0.2) is 0 Å². The van der Waals surface area contributed by atoms with E-state index in [0.29, 0.717) is 11.3 Å². The lowest BCUT2D eigenvalue weighted by molar-refractivity contribution is 0.240. The van der Waals surface area contributed by atoms with Crippen molar-refractivity contribution in [3.8, 4) is 11.8 Å². The summed E-state index contributed by atoms with van der Waals surface area (Å²) in [7, 11) is 0. The van der Waals surface area contributed by atoms with Crippen LogP contribution in [0.5, 0.6) is 5.75 Å². The van der Waals surface area contributed by atoms with E-state index >= 15 is 0 Å². The van der Waals surface area contributed by atoms with Crippen molar-refractivity contribution in [3.63, 3.8) is 0 Å².